The number of piperidine rings is 2. The third kappa shape index (κ3) is 12.4. The molecule has 6 aromatic rings. The molecular weight excluding hydrogens is 1010 g/mol. The summed E-state index contributed by atoms with van der Waals surface area (Å²) in [7, 11) is 4.13. The van der Waals surface area contributed by atoms with Crippen LogP contribution in [0.3, 0.4) is 0 Å². The number of likely N-dealkylation sites (tertiary alicyclic amines) is 2. The van der Waals surface area contributed by atoms with Gasteiger partial charge in [0.1, 0.15) is 30.2 Å². The molecule has 4 unspecified atom stereocenters. The molecule has 1 aliphatic carbocycles. The summed E-state index contributed by atoms with van der Waals surface area (Å²) in [4.78, 5) is 73.9. The van der Waals surface area contributed by atoms with Crippen molar-refractivity contribution in [2.24, 2.45) is 23.7 Å². The molecule has 0 radical (unpaired) electrons. The Kier molecular flexibility index (Phi) is 18.2. The number of hydrogen-bond acceptors (Lipinski definition) is 14. The van der Waals surface area contributed by atoms with E-state index in [4.69, 9.17) is 29.0 Å². The van der Waals surface area contributed by atoms with Crippen molar-refractivity contribution < 1.29 is 33.4 Å². The molecule has 17 heteroatoms. The van der Waals surface area contributed by atoms with Crippen molar-refractivity contribution in [2.45, 2.75) is 109 Å². The van der Waals surface area contributed by atoms with Gasteiger partial charge in [0.25, 0.3) is 0 Å². The van der Waals surface area contributed by atoms with E-state index < -0.39 is 0 Å². The number of hydrogen-bond donors (Lipinski definition) is 1. The molecular formula is C63H76N10O7. The van der Waals surface area contributed by atoms with E-state index in [-0.39, 0.29) is 12.0 Å². The Morgan fingerprint density at radius 3 is 1.88 bits per heavy atom. The van der Waals surface area contributed by atoms with Crippen LogP contribution in [0.1, 0.15) is 114 Å². The number of imide groups is 1. The van der Waals surface area contributed by atoms with Crippen LogP contribution in [0.2, 0.25) is 0 Å². The fourth-order valence-corrected chi connectivity index (χ4v) is 13.0. The normalized spacial score (nSPS) is 22.6. The minimum absolute atomic E-state index is 0.152. The average Bonchev–Trinajstić information content (AvgIpc) is 4.11. The van der Waals surface area contributed by atoms with Gasteiger partial charge in [-0.3, -0.25) is 38.8 Å². The number of benzene rings is 2. The van der Waals surface area contributed by atoms with Crippen molar-refractivity contribution in [3.63, 3.8) is 0 Å². The fraction of sp³-hybridized carbons (Fsp3) is 0.492. The van der Waals surface area contributed by atoms with E-state index in [0.29, 0.717) is 74.0 Å². The van der Waals surface area contributed by atoms with Crippen LogP contribution in [0.5, 0.6) is 0 Å². The highest BCUT2D eigenvalue weighted by atomic mass is 16.5. The van der Waals surface area contributed by atoms with E-state index in [2.05, 4.69) is 104 Å². The third-order valence-electron chi connectivity index (χ3n) is 17.8. The standard InChI is InChI=1S/C31H39N5O2.C30H34N4O3.C2H3NO2/c1-4-5-22(2)34(3)17-26-14-24(6-7-25(26)19-37)30-15-27(18-35-11-8-23(16-32)9-12-35)29-10-13-36(31(29)33-30)28-20-38-21-28;1-32-13-24-7-21(2-3-22(24)15-35)28-10-25(14-33-11-19-6-20(12-33)18-37-17-19)27-4-5-34(30(27)31-28)26-8-23(9-26)29(32)16-36;4-1-3-2-5/h6-7,10,13-15,19,22-23,28H,4-5,8-9,11-12,17-18,20-21H2,1-3H3;2-5,7,10,15-16,19-20,23,26,29H,6,8-9,11-14,17-18H2,1H3;1-2H,(H,3,4,5). The van der Waals surface area contributed by atoms with Crippen molar-refractivity contribution in [3.05, 3.63) is 106 Å². The minimum atomic E-state index is -0.152. The quantitative estimate of drug-likeness (QED) is 0.0912. The highest BCUT2D eigenvalue weighted by Crippen LogP contribution is 2.44. The molecule has 1 saturated carbocycles. The van der Waals surface area contributed by atoms with Crippen LogP contribution in [0.15, 0.2) is 73.1 Å². The summed E-state index contributed by atoms with van der Waals surface area (Å²) in [5, 5.41) is 13.5. The molecule has 8 bridgehead atoms. The summed E-state index contributed by atoms with van der Waals surface area (Å²) >= 11 is 0. The van der Waals surface area contributed by atoms with Gasteiger partial charge in [0.2, 0.25) is 12.8 Å². The number of amides is 2. The number of pyridine rings is 2. The van der Waals surface area contributed by atoms with Crippen LogP contribution in [-0.2, 0) is 50.0 Å². The van der Waals surface area contributed by atoms with E-state index in [9.17, 15) is 19.6 Å². The van der Waals surface area contributed by atoms with Crippen LogP contribution < -0.4 is 5.32 Å². The summed E-state index contributed by atoms with van der Waals surface area (Å²) in [5.74, 6) is 1.74. The molecule has 4 aromatic heterocycles. The van der Waals surface area contributed by atoms with Crippen molar-refractivity contribution in [1.29, 1.82) is 5.26 Å². The summed E-state index contributed by atoms with van der Waals surface area (Å²) in [5.41, 5.74) is 11.9. The van der Waals surface area contributed by atoms with Gasteiger partial charge in [0, 0.05) is 103 Å². The number of nitrogens with zero attached hydrogens (tertiary/aromatic N) is 9. The number of carbonyl (C=O) groups excluding carboxylic acids is 5. The van der Waals surface area contributed by atoms with Gasteiger partial charge in [-0.05, 0) is 149 Å². The van der Waals surface area contributed by atoms with Crippen LogP contribution in [0.25, 0.3) is 44.6 Å². The molecule has 2 aromatic carbocycles. The molecule has 13 rings (SSSR count). The Bertz CT molecular complexity index is 3200. The molecule has 17 nitrogen and oxygen atoms in total. The predicted molar refractivity (Wildman–Crippen MR) is 306 cm³/mol. The number of aldehydes is 3. The monoisotopic (exact) mass is 1080 g/mol. The topological polar surface area (TPSA) is 188 Å². The van der Waals surface area contributed by atoms with Crippen molar-refractivity contribution in [1.82, 2.24) is 44.0 Å². The lowest BCUT2D eigenvalue weighted by atomic mass is 9.75. The summed E-state index contributed by atoms with van der Waals surface area (Å²) in [6.07, 6.45) is 15.3. The molecule has 0 spiro atoms. The van der Waals surface area contributed by atoms with E-state index in [1.165, 1.54) is 28.3 Å². The summed E-state index contributed by atoms with van der Waals surface area (Å²) < 4.78 is 15.9. The van der Waals surface area contributed by atoms with Gasteiger partial charge in [0.05, 0.1) is 56.0 Å². The molecule has 2 amide bonds. The number of nitriles is 1. The molecule has 4 atom stereocenters. The second-order valence-electron chi connectivity index (χ2n) is 23.3. The molecule has 10 heterocycles. The molecule has 1 N–H and O–H groups in total. The minimum Gasteiger partial charge on any atom is -0.381 e. The highest BCUT2D eigenvalue weighted by Gasteiger charge is 2.39. The second kappa shape index (κ2) is 25.8. The third-order valence-corrected chi connectivity index (χ3v) is 17.8. The lowest BCUT2D eigenvalue weighted by Crippen LogP contribution is -2.46. The number of aromatic nitrogens is 4. The molecule has 5 fully saturated rings. The molecule has 6 aliphatic heterocycles. The van der Waals surface area contributed by atoms with Gasteiger partial charge < -0.3 is 28.7 Å². The zero-order valence-electron chi connectivity index (χ0n) is 46.8. The second-order valence-corrected chi connectivity index (χ2v) is 23.3. The maximum absolute atomic E-state index is 12.1. The zero-order chi connectivity index (χ0) is 55.9. The maximum atomic E-state index is 12.1. The molecule has 420 valence electrons. The Balaban J connectivity index is 0.000000166. The number of rotatable bonds is 16. The number of likely N-dealkylation sites (N-methyl/N-ethyl adjacent to an activating group) is 1. The lowest BCUT2D eigenvalue weighted by molar-refractivity contribution is -0.117. The smallest absolute Gasteiger partial charge is 0.213 e. The van der Waals surface area contributed by atoms with Gasteiger partial charge in [-0.15, -0.1) is 0 Å². The maximum Gasteiger partial charge on any atom is 0.213 e. The first-order chi connectivity index (χ1) is 39.0. The van der Waals surface area contributed by atoms with Crippen molar-refractivity contribution >= 4 is 53.7 Å². The molecule has 7 aliphatic rings. The molecule has 80 heavy (non-hydrogen) atoms. The number of ether oxygens (including phenoxy) is 2. The van der Waals surface area contributed by atoms with E-state index in [1.807, 2.05) is 31.3 Å². The highest BCUT2D eigenvalue weighted by molar-refractivity contribution is 5.86. The SMILES string of the molecule is CCCC(C)N(C)Cc1cc(-c2cc(CN3CCC(C#N)CC3)c3ccn(C4COC4)c3n2)ccc1C=O.CN1Cc2cc(ccc2C=O)-c2cc(CN3CC4COCC(C4)C3)c3ccn(c3n2)C2CC(C2)C1C=O.O=CNC=O. The van der Waals surface area contributed by atoms with Gasteiger partial charge >= 0.3 is 0 Å². The number of nitrogens with one attached hydrogen (secondary N) is 1. The zero-order valence-corrected chi connectivity index (χ0v) is 46.8. The summed E-state index contributed by atoms with van der Waals surface area (Å²) in [6, 6.07) is 24.4. The van der Waals surface area contributed by atoms with E-state index >= 15 is 0 Å². The van der Waals surface area contributed by atoms with Crippen molar-refractivity contribution in [3.8, 4) is 28.6 Å². The van der Waals surface area contributed by atoms with Gasteiger partial charge in [-0.25, -0.2) is 9.97 Å². The Labute approximate surface area is 469 Å². The average molecular weight is 1090 g/mol. The Hall–Kier alpha value is -6.78. The first-order valence-corrected chi connectivity index (χ1v) is 28.7. The van der Waals surface area contributed by atoms with Crippen molar-refractivity contribution in [2.75, 3.05) is 66.7 Å². The lowest BCUT2D eigenvalue weighted by Gasteiger charge is -2.42. The number of fused-ring (bicyclic) bond motifs is 5. The first kappa shape index (κ1) is 56.5. The van der Waals surface area contributed by atoms with Crippen LogP contribution >= 0.6 is 0 Å². The molecule has 4 saturated heterocycles. The first-order valence-electron chi connectivity index (χ1n) is 28.7. The predicted octanol–water partition coefficient (Wildman–Crippen LogP) is 8.28. The van der Waals surface area contributed by atoms with Gasteiger partial charge in [0.15, 0.2) is 0 Å². The summed E-state index contributed by atoms with van der Waals surface area (Å²) in [6.45, 7) is 14.7. The van der Waals surface area contributed by atoms with E-state index in [0.717, 1.165) is 167 Å². The largest absolute Gasteiger partial charge is 0.381 e. The van der Waals surface area contributed by atoms with Crippen LogP contribution in [-0.4, -0.2) is 149 Å². The Morgan fingerprint density at radius 1 is 0.738 bits per heavy atom. The number of carbonyl (C=O) groups is 5. The van der Waals surface area contributed by atoms with Crippen LogP contribution in [0.4, 0.5) is 0 Å². The van der Waals surface area contributed by atoms with Gasteiger partial charge in [-0.1, -0.05) is 37.6 Å². The van der Waals surface area contributed by atoms with Gasteiger partial charge in [-0.2, -0.15) is 5.26 Å². The van der Waals surface area contributed by atoms with Crippen LogP contribution in [0, 0.1) is 35.0 Å². The fourth-order valence-electron chi connectivity index (χ4n) is 13.0. The Morgan fingerprint density at radius 2 is 1.32 bits per heavy atom. The van der Waals surface area contributed by atoms with E-state index in [1.54, 1.807) is 5.32 Å².